The molecule has 0 fully saturated rings. The second kappa shape index (κ2) is 3.75. The maximum absolute atomic E-state index is 5.33. The summed E-state index contributed by atoms with van der Waals surface area (Å²) < 4.78 is 5.26. The SMILES string of the molecule is CC1C=Nc2c(OCN)ccnc2C1. The maximum atomic E-state index is 5.33. The first-order chi connectivity index (χ1) is 6.81. The highest BCUT2D eigenvalue weighted by atomic mass is 16.5. The minimum atomic E-state index is 0.168. The molecule has 0 spiro atoms. The van der Waals surface area contributed by atoms with Crippen LogP contribution in [0.3, 0.4) is 0 Å². The van der Waals surface area contributed by atoms with E-state index in [1.54, 1.807) is 12.3 Å². The van der Waals surface area contributed by atoms with Crippen molar-refractivity contribution in [2.45, 2.75) is 13.3 Å². The van der Waals surface area contributed by atoms with Crippen LogP contribution in [0.25, 0.3) is 0 Å². The molecule has 14 heavy (non-hydrogen) atoms. The van der Waals surface area contributed by atoms with Crippen LogP contribution in [0.1, 0.15) is 12.6 Å². The molecule has 4 heteroatoms. The molecule has 0 aliphatic carbocycles. The van der Waals surface area contributed by atoms with Crippen LogP contribution >= 0.6 is 0 Å². The summed E-state index contributed by atoms with van der Waals surface area (Å²) in [6.07, 6.45) is 4.57. The first kappa shape index (κ1) is 9.15. The predicted octanol–water partition coefficient (Wildman–Crippen LogP) is 1.27. The smallest absolute Gasteiger partial charge is 0.150 e. The second-order valence-electron chi connectivity index (χ2n) is 3.37. The Morgan fingerprint density at radius 3 is 3.29 bits per heavy atom. The van der Waals surface area contributed by atoms with Crippen LogP contribution < -0.4 is 10.5 Å². The zero-order valence-corrected chi connectivity index (χ0v) is 8.10. The van der Waals surface area contributed by atoms with Gasteiger partial charge in [0.25, 0.3) is 0 Å². The standard InChI is InChI=1S/C10H13N3O/c1-7-4-8-10(13-5-7)9(14-6-11)2-3-12-8/h2-3,5,7H,4,6,11H2,1H3. The van der Waals surface area contributed by atoms with Gasteiger partial charge in [0.2, 0.25) is 0 Å². The number of pyridine rings is 1. The Kier molecular flexibility index (Phi) is 2.45. The molecule has 1 atom stereocenters. The molecule has 1 aliphatic rings. The molecule has 1 aromatic rings. The van der Waals surface area contributed by atoms with E-state index in [1.807, 2.05) is 6.21 Å². The second-order valence-corrected chi connectivity index (χ2v) is 3.37. The fourth-order valence-corrected chi connectivity index (χ4v) is 1.53. The lowest BCUT2D eigenvalue weighted by molar-refractivity contribution is 0.330. The van der Waals surface area contributed by atoms with E-state index in [9.17, 15) is 0 Å². The molecule has 1 aliphatic heterocycles. The number of nitrogens with two attached hydrogens (primary N) is 1. The van der Waals surface area contributed by atoms with Gasteiger partial charge in [-0.1, -0.05) is 6.92 Å². The molecule has 4 nitrogen and oxygen atoms in total. The molecule has 2 N–H and O–H groups in total. The topological polar surface area (TPSA) is 60.5 Å². The van der Waals surface area contributed by atoms with Crippen LogP contribution in [0, 0.1) is 5.92 Å². The zero-order chi connectivity index (χ0) is 9.97. The molecule has 1 unspecified atom stereocenters. The maximum Gasteiger partial charge on any atom is 0.150 e. The molecule has 0 bridgehead atoms. The van der Waals surface area contributed by atoms with Crippen molar-refractivity contribution in [1.29, 1.82) is 0 Å². The van der Waals surface area contributed by atoms with Crippen molar-refractivity contribution in [3.8, 4) is 5.75 Å². The summed E-state index contributed by atoms with van der Waals surface area (Å²) in [5.74, 6) is 1.17. The Morgan fingerprint density at radius 2 is 2.50 bits per heavy atom. The predicted molar refractivity (Wildman–Crippen MR) is 54.9 cm³/mol. The summed E-state index contributed by atoms with van der Waals surface area (Å²) in [6.45, 7) is 2.28. The van der Waals surface area contributed by atoms with Crippen LogP contribution in [0.4, 0.5) is 5.69 Å². The molecule has 0 saturated heterocycles. The lowest BCUT2D eigenvalue weighted by atomic mass is 10.0. The highest BCUT2D eigenvalue weighted by Gasteiger charge is 2.16. The number of nitrogens with zero attached hydrogens (tertiary/aromatic N) is 2. The zero-order valence-electron chi connectivity index (χ0n) is 8.10. The molecular formula is C10H13N3O. The monoisotopic (exact) mass is 191 g/mol. The third-order valence-electron chi connectivity index (χ3n) is 2.18. The van der Waals surface area contributed by atoms with Crippen LogP contribution in [-0.2, 0) is 6.42 Å². The Hall–Kier alpha value is -1.42. The van der Waals surface area contributed by atoms with Gasteiger partial charge in [-0.2, -0.15) is 0 Å². The molecule has 2 heterocycles. The molecule has 0 aromatic carbocycles. The number of aliphatic imine (C=N–C) groups is 1. The first-order valence-electron chi connectivity index (χ1n) is 4.66. The molecule has 2 rings (SSSR count). The third-order valence-corrected chi connectivity index (χ3v) is 2.18. The van der Waals surface area contributed by atoms with Crippen molar-refractivity contribution in [2.75, 3.05) is 6.73 Å². The van der Waals surface area contributed by atoms with Gasteiger partial charge >= 0.3 is 0 Å². The van der Waals surface area contributed by atoms with Crippen molar-refractivity contribution in [3.63, 3.8) is 0 Å². The number of hydrogen-bond donors (Lipinski definition) is 1. The van der Waals surface area contributed by atoms with Gasteiger partial charge in [0, 0.05) is 18.5 Å². The van der Waals surface area contributed by atoms with E-state index in [0.717, 1.165) is 23.6 Å². The van der Waals surface area contributed by atoms with Crippen molar-refractivity contribution in [2.24, 2.45) is 16.6 Å². The number of ether oxygens (including phenoxy) is 1. The van der Waals surface area contributed by atoms with Gasteiger partial charge in [-0.25, -0.2) is 0 Å². The number of rotatable bonds is 2. The van der Waals surface area contributed by atoms with Gasteiger partial charge in [0.15, 0.2) is 0 Å². The van der Waals surface area contributed by atoms with Crippen molar-refractivity contribution in [3.05, 3.63) is 18.0 Å². The summed E-state index contributed by atoms with van der Waals surface area (Å²) in [4.78, 5) is 8.60. The Morgan fingerprint density at radius 1 is 1.64 bits per heavy atom. The minimum absolute atomic E-state index is 0.168. The van der Waals surface area contributed by atoms with Crippen LogP contribution in [0.15, 0.2) is 17.3 Å². The molecule has 1 aromatic heterocycles. The summed E-state index contributed by atoms with van der Waals surface area (Å²) >= 11 is 0. The highest BCUT2D eigenvalue weighted by Crippen LogP contribution is 2.33. The minimum Gasteiger partial charge on any atom is -0.476 e. The fraction of sp³-hybridized carbons (Fsp3) is 0.400. The van der Waals surface area contributed by atoms with Gasteiger partial charge in [0.05, 0.1) is 5.69 Å². The van der Waals surface area contributed by atoms with Gasteiger partial charge in [-0.15, -0.1) is 0 Å². The summed E-state index contributed by atoms with van der Waals surface area (Å²) in [6, 6.07) is 1.79. The largest absolute Gasteiger partial charge is 0.476 e. The van der Waals surface area contributed by atoms with Crippen LogP contribution in [0.2, 0.25) is 0 Å². The molecule has 74 valence electrons. The normalized spacial score (nSPS) is 19.1. The lowest BCUT2D eigenvalue weighted by Crippen LogP contribution is -2.11. The van der Waals surface area contributed by atoms with E-state index >= 15 is 0 Å². The molecule has 0 saturated carbocycles. The average Bonchev–Trinajstić information content (AvgIpc) is 2.18. The van der Waals surface area contributed by atoms with Gasteiger partial charge < -0.3 is 4.74 Å². The molecule has 0 amide bonds. The summed E-state index contributed by atoms with van der Waals surface area (Å²) in [7, 11) is 0. The van der Waals surface area contributed by atoms with Crippen molar-refractivity contribution >= 4 is 11.9 Å². The van der Waals surface area contributed by atoms with E-state index in [4.69, 9.17) is 10.5 Å². The Balaban J connectivity index is 2.39. The van der Waals surface area contributed by atoms with E-state index < -0.39 is 0 Å². The lowest BCUT2D eigenvalue weighted by Gasteiger charge is -2.16. The highest BCUT2D eigenvalue weighted by molar-refractivity contribution is 5.73. The average molecular weight is 191 g/mol. The number of aromatic nitrogens is 1. The number of fused-ring (bicyclic) bond motifs is 1. The Labute approximate surface area is 82.8 Å². The number of hydrogen-bond acceptors (Lipinski definition) is 4. The first-order valence-corrected chi connectivity index (χ1v) is 4.66. The molecular weight excluding hydrogens is 178 g/mol. The third kappa shape index (κ3) is 1.61. The van der Waals surface area contributed by atoms with Crippen molar-refractivity contribution < 1.29 is 4.74 Å². The molecule has 0 radical (unpaired) electrons. The van der Waals surface area contributed by atoms with E-state index in [2.05, 4.69) is 16.9 Å². The fourth-order valence-electron chi connectivity index (χ4n) is 1.53. The van der Waals surface area contributed by atoms with Gasteiger partial charge in [-0.3, -0.25) is 15.7 Å². The van der Waals surface area contributed by atoms with E-state index in [-0.39, 0.29) is 6.73 Å². The summed E-state index contributed by atoms with van der Waals surface area (Å²) in [5.41, 5.74) is 7.15. The van der Waals surface area contributed by atoms with Crippen LogP contribution in [0.5, 0.6) is 5.75 Å². The Bertz CT molecular complexity index is 362. The van der Waals surface area contributed by atoms with E-state index in [1.165, 1.54) is 0 Å². The quantitative estimate of drug-likeness (QED) is 0.716. The van der Waals surface area contributed by atoms with E-state index in [0.29, 0.717) is 5.92 Å². The summed E-state index contributed by atoms with van der Waals surface area (Å²) in [5, 5.41) is 0. The van der Waals surface area contributed by atoms with Gasteiger partial charge in [0.1, 0.15) is 18.2 Å². The van der Waals surface area contributed by atoms with Gasteiger partial charge in [-0.05, 0) is 12.3 Å². The van der Waals surface area contributed by atoms with Crippen molar-refractivity contribution in [1.82, 2.24) is 4.98 Å². The van der Waals surface area contributed by atoms with Crippen LogP contribution in [-0.4, -0.2) is 17.9 Å².